The van der Waals surface area contributed by atoms with Crippen LogP contribution in [0.15, 0.2) is 4.90 Å². The molecule has 0 spiro atoms. The van der Waals surface area contributed by atoms with E-state index < -0.39 is 0 Å². The quantitative estimate of drug-likeness (QED) is 0.794. The van der Waals surface area contributed by atoms with Crippen LogP contribution in [0.25, 0.3) is 0 Å². The van der Waals surface area contributed by atoms with Gasteiger partial charge in [-0.1, -0.05) is 20.8 Å². The van der Waals surface area contributed by atoms with Gasteiger partial charge >= 0.3 is 0 Å². The van der Waals surface area contributed by atoms with Gasteiger partial charge in [0.25, 0.3) is 0 Å². The summed E-state index contributed by atoms with van der Waals surface area (Å²) >= 11 is 7.84. The van der Waals surface area contributed by atoms with Crippen molar-refractivity contribution in [3.8, 4) is 0 Å². The zero-order valence-electron chi connectivity index (χ0n) is 14.5. The molecule has 1 fully saturated rings. The highest BCUT2D eigenvalue weighted by atomic mass is 35.5. The molecule has 1 aliphatic heterocycles. The number of rotatable bonds is 4. The second-order valence-electron chi connectivity index (χ2n) is 7.81. The summed E-state index contributed by atoms with van der Waals surface area (Å²) in [6, 6.07) is 0.348. The SMILES string of the molecule is CC(C)(C)CC(=O)NC1CCCC1Nc1nc(Cl)nc2c1SCC2. The smallest absolute Gasteiger partial charge is 0.224 e. The molecular weight excluding hydrogens is 344 g/mol. The molecule has 1 aliphatic carbocycles. The zero-order chi connectivity index (χ0) is 17.3. The average Bonchev–Trinajstić information content (AvgIpc) is 3.06. The standard InChI is InChI=1S/C17H25ClN4OS/c1-17(2,3)9-13(23)19-10-5-4-6-11(10)20-15-14-12(7-8-24-14)21-16(18)22-15/h10-11H,4-9H2,1-3H3,(H,19,23)(H,20,21,22). The van der Waals surface area contributed by atoms with Crippen molar-refractivity contribution in [2.45, 2.75) is 69.9 Å². The van der Waals surface area contributed by atoms with Crippen molar-refractivity contribution in [2.75, 3.05) is 11.1 Å². The fourth-order valence-electron chi connectivity index (χ4n) is 3.36. The molecule has 1 amide bonds. The molecule has 3 rings (SSSR count). The molecular formula is C17H25ClN4OS. The van der Waals surface area contributed by atoms with E-state index in [0.717, 1.165) is 47.8 Å². The molecule has 0 saturated heterocycles. The second kappa shape index (κ2) is 7.08. The van der Waals surface area contributed by atoms with Gasteiger partial charge in [-0.15, -0.1) is 11.8 Å². The topological polar surface area (TPSA) is 66.9 Å². The normalized spacial score (nSPS) is 23.2. The molecule has 1 aromatic rings. The lowest BCUT2D eigenvalue weighted by atomic mass is 9.92. The zero-order valence-corrected chi connectivity index (χ0v) is 16.1. The summed E-state index contributed by atoms with van der Waals surface area (Å²) in [5.74, 6) is 1.98. The van der Waals surface area contributed by atoms with Crippen molar-refractivity contribution < 1.29 is 4.79 Å². The van der Waals surface area contributed by atoms with Crippen LogP contribution in [-0.2, 0) is 11.2 Å². The molecule has 0 radical (unpaired) electrons. The van der Waals surface area contributed by atoms with Gasteiger partial charge in [-0.25, -0.2) is 4.98 Å². The molecule has 1 aromatic heterocycles. The van der Waals surface area contributed by atoms with Crippen molar-refractivity contribution in [1.29, 1.82) is 0 Å². The number of anilines is 1. The first-order chi connectivity index (χ1) is 11.3. The van der Waals surface area contributed by atoms with Crippen LogP contribution in [0.5, 0.6) is 0 Å². The van der Waals surface area contributed by atoms with Crippen LogP contribution in [0.2, 0.25) is 5.28 Å². The van der Waals surface area contributed by atoms with Gasteiger partial charge in [-0.3, -0.25) is 4.79 Å². The molecule has 5 nitrogen and oxygen atoms in total. The Kier molecular flexibility index (Phi) is 5.25. The van der Waals surface area contributed by atoms with E-state index in [0.29, 0.717) is 11.7 Å². The van der Waals surface area contributed by atoms with E-state index >= 15 is 0 Å². The van der Waals surface area contributed by atoms with E-state index in [1.807, 2.05) is 0 Å². The number of hydrogen-bond donors (Lipinski definition) is 2. The van der Waals surface area contributed by atoms with Gasteiger partial charge in [0.05, 0.1) is 10.6 Å². The molecule has 2 N–H and O–H groups in total. The number of carbonyl (C=O) groups is 1. The van der Waals surface area contributed by atoms with Crippen molar-refractivity contribution >= 4 is 35.1 Å². The van der Waals surface area contributed by atoms with E-state index in [2.05, 4.69) is 41.4 Å². The van der Waals surface area contributed by atoms with Gasteiger partial charge in [0, 0.05) is 30.7 Å². The molecule has 24 heavy (non-hydrogen) atoms. The van der Waals surface area contributed by atoms with Crippen LogP contribution in [0, 0.1) is 5.41 Å². The van der Waals surface area contributed by atoms with Gasteiger partial charge in [0.1, 0.15) is 5.82 Å². The van der Waals surface area contributed by atoms with Gasteiger partial charge in [0.2, 0.25) is 11.2 Å². The van der Waals surface area contributed by atoms with E-state index in [9.17, 15) is 4.79 Å². The predicted molar refractivity (Wildman–Crippen MR) is 98.7 cm³/mol. The first-order valence-electron chi connectivity index (χ1n) is 8.57. The molecule has 2 atom stereocenters. The Bertz CT molecular complexity index is 632. The van der Waals surface area contributed by atoms with Crippen LogP contribution < -0.4 is 10.6 Å². The second-order valence-corrected chi connectivity index (χ2v) is 9.25. The summed E-state index contributed by atoms with van der Waals surface area (Å²) < 4.78 is 0. The van der Waals surface area contributed by atoms with Gasteiger partial charge in [-0.2, -0.15) is 4.98 Å². The highest BCUT2D eigenvalue weighted by Gasteiger charge is 2.31. The van der Waals surface area contributed by atoms with Gasteiger partial charge in [-0.05, 0) is 36.3 Å². The van der Waals surface area contributed by atoms with Crippen LogP contribution in [0.1, 0.15) is 52.1 Å². The maximum absolute atomic E-state index is 12.3. The fourth-order valence-corrected chi connectivity index (χ4v) is 4.60. The van der Waals surface area contributed by atoms with Gasteiger partial charge in [0.15, 0.2) is 0 Å². The Morgan fingerprint density at radius 3 is 2.79 bits per heavy atom. The minimum absolute atomic E-state index is 0.00323. The third-order valence-corrected chi connectivity index (χ3v) is 5.66. The first kappa shape index (κ1) is 17.8. The summed E-state index contributed by atoms with van der Waals surface area (Å²) in [5, 5.41) is 7.03. The summed E-state index contributed by atoms with van der Waals surface area (Å²) in [5.41, 5.74) is 1.04. The van der Waals surface area contributed by atoms with Crippen molar-refractivity contribution in [2.24, 2.45) is 5.41 Å². The molecule has 1 saturated carbocycles. The fraction of sp³-hybridized carbons (Fsp3) is 0.706. The number of aryl methyl sites for hydroxylation is 1. The number of halogens is 1. The van der Waals surface area contributed by atoms with Gasteiger partial charge < -0.3 is 10.6 Å². The van der Waals surface area contributed by atoms with E-state index in [4.69, 9.17) is 11.6 Å². The minimum atomic E-state index is 0.00323. The molecule has 132 valence electrons. The highest BCUT2D eigenvalue weighted by molar-refractivity contribution is 7.99. The molecule has 0 aromatic carbocycles. The number of amides is 1. The Hall–Kier alpha value is -1.01. The number of carbonyl (C=O) groups excluding carboxylic acids is 1. The van der Waals surface area contributed by atoms with Crippen LogP contribution in [-0.4, -0.2) is 33.7 Å². The number of hydrogen-bond acceptors (Lipinski definition) is 5. The van der Waals surface area contributed by atoms with Crippen LogP contribution >= 0.6 is 23.4 Å². The van der Waals surface area contributed by atoms with Crippen molar-refractivity contribution in [1.82, 2.24) is 15.3 Å². The summed E-state index contributed by atoms with van der Waals surface area (Å²) in [6.45, 7) is 6.25. The van der Waals surface area contributed by atoms with Crippen molar-refractivity contribution in [3.05, 3.63) is 11.0 Å². The first-order valence-corrected chi connectivity index (χ1v) is 9.93. The van der Waals surface area contributed by atoms with E-state index in [1.165, 1.54) is 0 Å². The number of thioether (sulfide) groups is 1. The number of fused-ring (bicyclic) bond motifs is 1. The molecule has 2 heterocycles. The molecule has 7 heteroatoms. The Morgan fingerprint density at radius 2 is 2.04 bits per heavy atom. The summed E-state index contributed by atoms with van der Waals surface area (Å²) in [7, 11) is 0. The predicted octanol–water partition coefficient (Wildman–Crippen LogP) is 3.66. The Labute approximate surface area is 152 Å². The third kappa shape index (κ3) is 4.33. The summed E-state index contributed by atoms with van der Waals surface area (Å²) in [4.78, 5) is 22.1. The Morgan fingerprint density at radius 1 is 1.29 bits per heavy atom. The largest absolute Gasteiger partial charge is 0.364 e. The highest BCUT2D eigenvalue weighted by Crippen LogP contribution is 2.37. The molecule has 2 unspecified atom stereocenters. The third-order valence-electron chi connectivity index (χ3n) is 4.37. The lowest BCUT2D eigenvalue weighted by Crippen LogP contribution is -2.44. The van der Waals surface area contributed by atoms with Crippen LogP contribution in [0.3, 0.4) is 0 Å². The number of nitrogens with zero attached hydrogens (tertiary/aromatic N) is 2. The van der Waals surface area contributed by atoms with Crippen molar-refractivity contribution in [3.63, 3.8) is 0 Å². The maximum Gasteiger partial charge on any atom is 0.224 e. The van der Waals surface area contributed by atoms with E-state index in [1.54, 1.807) is 11.8 Å². The lowest BCUT2D eigenvalue weighted by molar-refractivity contribution is -0.123. The van der Waals surface area contributed by atoms with E-state index in [-0.39, 0.29) is 23.4 Å². The average molecular weight is 369 g/mol. The molecule has 0 bridgehead atoms. The number of aromatic nitrogens is 2. The monoisotopic (exact) mass is 368 g/mol. The maximum atomic E-state index is 12.3. The lowest BCUT2D eigenvalue weighted by Gasteiger charge is -2.25. The molecule has 2 aliphatic rings. The number of nitrogens with one attached hydrogen (secondary N) is 2. The van der Waals surface area contributed by atoms with Crippen LogP contribution in [0.4, 0.5) is 5.82 Å². The summed E-state index contributed by atoms with van der Waals surface area (Å²) in [6.07, 6.45) is 4.61. The Balaban J connectivity index is 1.68. The minimum Gasteiger partial charge on any atom is -0.364 e.